The summed E-state index contributed by atoms with van der Waals surface area (Å²) >= 11 is 0. The molecule has 1 aliphatic rings. The quantitative estimate of drug-likeness (QED) is 0.473. The highest BCUT2D eigenvalue weighted by Gasteiger charge is 2.24. The van der Waals surface area contributed by atoms with Crippen molar-refractivity contribution in [2.45, 2.75) is 23.9 Å². The van der Waals surface area contributed by atoms with Crippen molar-refractivity contribution < 1.29 is 17.6 Å². The number of carbonyl (C=O) groups excluding carboxylic acids is 1. The molecule has 0 atom stereocenters. The minimum Gasteiger partial charge on any atom is -0.349 e. The molecule has 4 aromatic rings. The zero-order valence-electron chi connectivity index (χ0n) is 18.0. The van der Waals surface area contributed by atoms with Crippen LogP contribution in [-0.4, -0.2) is 41.0 Å². The summed E-state index contributed by atoms with van der Waals surface area (Å²) in [4.78, 5) is 20.8. The summed E-state index contributed by atoms with van der Waals surface area (Å²) in [5.74, 6) is -0.866. The van der Waals surface area contributed by atoms with Crippen LogP contribution in [0.15, 0.2) is 59.9 Å². The van der Waals surface area contributed by atoms with E-state index < -0.39 is 15.7 Å². The Morgan fingerprint density at radius 2 is 1.88 bits per heavy atom. The molecule has 0 spiro atoms. The van der Waals surface area contributed by atoms with Gasteiger partial charge in [0.05, 0.1) is 23.1 Å². The number of rotatable bonds is 5. The Morgan fingerprint density at radius 1 is 1.18 bits per heavy atom. The van der Waals surface area contributed by atoms with Crippen LogP contribution in [0, 0.1) is 17.1 Å². The molecule has 1 saturated carbocycles. The molecule has 0 radical (unpaired) electrons. The number of aromatic nitrogens is 3. The zero-order chi connectivity index (χ0) is 24.0. The third kappa shape index (κ3) is 4.02. The molecule has 0 unspecified atom stereocenters. The van der Waals surface area contributed by atoms with Crippen LogP contribution in [0.1, 0.15) is 28.8 Å². The lowest BCUT2D eigenvalue weighted by molar-refractivity contribution is 0.0951. The normalized spacial score (nSPS) is 13.6. The van der Waals surface area contributed by atoms with Gasteiger partial charge in [-0.3, -0.25) is 9.20 Å². The molecule has 1 fully saturated rings. The maximum atomic E-state index is 14.2. The Kier molecular flexibility index (Phi) is 5.14. The van der Waals surface area contributed by atoms with Gasteiger partial charge in [-0.25, -0.2) is 22.8 Å². The maximum Gasteiger partial charge on any atom is 0.251 e. The first-order valence-electron chi connectivity index (χ1n) is 10.4. The maximum absolute atomic E-state index is 14.2. The molecule has 2 heterocycles. The largest absolute Gasteiger partial charge is 0.349 e. The van der Waals surface area contributed by atoms with Crippen molar-refractivity contribution in [2.24, 2.45) is 0 Å². The molecule has 170 valence electrons. The number of nitriles is 1. The molecule has 0 bridgehead atoms. The first kappa shape index (κ1) is 21.7. The summed E-state index contributed by atoms with van der Waals surface area (Å²) in [6.07, 6.45) is 6.11. The van der Waals surface area contributed by atoms with Crippen LogP contribution in [0.3, 0.4) is 0 Å². The van der Waals surface area contributed by atoms with E-state index >= 15 is 0 Å². The van der Waals surface area contributed by atoms with Gasteiger partial charge in [0.15, 0.2) is 20.5 Å². The van der Waals surface area contributed by atoms with Gasteiger partial charge in [0.1, 0.15) is 11.9 Å². The zero-order valence-corrected chi connectivity index (χ0v) is 18.8. The molecule has 1 N–H and O–H groups in total. The molecule has 0 aliphatic heterocycles. The summed E-state index contributed by atoms with van der Waals surface area (Å²) in [7, 11) is -3.77. The highest BCUT2D eigenvalue weighted by atomic mass is 32.2. The van der Waals surface area contributed by atoms with Gasteiger partial charge in [0, 0.05) is 35.2 Å². The lowest BCUT2D eigenvalue weighted by atomic mass is 10.1. The van der Waals surface area contributed by atoms with Crippen molar-refractivity contribution in [3.63, 3.8) is 0 Å². The molecule has 2 aromatic heterocycles. The second kappa shape index (κ2) is 8.04. The SMILES string of the molecule is CS(=O)(=O)c1nc(-c2ccc(C#N)c(F)c2)cn2c(-c3ccc(C(=O)NC4CC4)cc3)cnc12. The van der Waals surface area contributed by atoms with Crippen molar-refractivity contribution >= 4 is 21.4 Å². The fourth-order valence-electron chi connectivity index (χ4n) is 3.62. The van der Waals surface area contributed by atoms with E-state index in [2.05, 4.69) is 15.3 Å². The minimum absolute atomic E-state index is 0.123. The van der Waals surface area contributed by atoms with Crippen LogP contribution in [0.4, 0.5) is 4.39 Å². The summed E-state index contributed by atoms with van der Waals surface area (Å²) in [6, 6.07) is 12.9. The van der Waals surface area contributed by atoms with E-state index in [-0.39, 0.29) is 33.9 Å². The van der Waals surface area contributed by atoms with Gasteiger partial charge >= 0.3 is 0 Å². The van der Waals surface area contributed by atoms with Gasteiger partial charge in [0.2, 0.25) is 0 Å². The van der Waals surface area contributed by atoms with E-state index in [1.807, 2.05) is 0 Å². The predicted octanol–water partition coefficient (Wildman–Crippen LogP) is 3.37. The van der Waals surface area contributed by atoms with Crippen molar-refractivity contribution in [1.29, 1.82) is 5.26 Å². The Hall–Kier alpha value is -4.10. The lowest BCUT2D eigenvalue weighted by Crippen LogP contribution is -2.25. The molecule has 10 heteroatoms. The van der Waals surface area contributed by atoms with Crippen LogP contribution in [-0.2, 0) is 9.84 Å². The molecule has 1 amide bonds. The Balaban J connectivity index is 1.62. The van der Waals surface area contributed by atoms with Crippen molar-refractivity contribution in [3.05, 3.63) is 71.8 Å². The number of benzene rings is 2. The van der Waals surface area contributed by atoms with Crippen molar-refractivity contribution in [1.82, 2.24) is 19.7 Å². The third-order valence-corrected chi connectivity index (χ3v) is 6.53. The van der Waals surface area contributed by atoms with E-state index in [1.54, 1.807) is 40.9 Å². The monoisotopic (exact) mass is 475 g/mol. The number of nitrogens with zero attached hydrogens (tertiary/aromatic N) is 4. The molecular formula is C24H18FN5O3S. The van der Waals surface area contributed by atoms with E-state index in [4.69, 9.17) is 5.26 Å². The van der Waals surface area contributed by atoms with Gasteiger partial charge < -0.3 is 5.32 Å². The fraction of sp³-hybridized carbons (Fsp3) is 0.167. The number of amides is 1. The number of fused-ring (bicyclic) bond motifs is 1. The average Bonchev–Trinajstić information content (AvgIpc) is 3.53. The van der Waals surface area contributed by atoms with Crippen LogP contribution in [0.25, 0.3) is 28.2 Å². The third-order valence-electron chi connectivity index (χ3n) is 5.55. The van der Waals surface area contributed by atoms with Crippen molar-refractivity contribution in [2.75, 3.05) is 6.26 Å². The van der Waals surface area contributed by atoms with E-state index in [9.17, 15) is 17.6 Å². The van der Waals surface area contributed by atoms with E-state index in [0.29, 0.717) is 22.4 Å². The molecule has 5 rings (SSSR count). The number of halogens is 1. The summed E-state index contributed by atoms with van der Waals surface area (Å²) in [5.41, 5.74) is 2.33. The van der Waals surface area contributed by atoms with Crippen LogP contribution < -0.4 is 5.32 Å². The molecule has 2 aromatic carbocycles. The minimum atomic E-state index is -3.77. The van der Waals surface area contributed by atoms with Crippen molar-refractivity contribution in [3.8, 4) is 28.6 Å². The molecular weight excluding hydrogens is 457 g/mol. The number of carbonyl (C=O) groups is 1. The summed E-state index contributed by atoms with van der Waals surface area (Å²) in [6.45, 7) is 0. The molecule has 0 saturated heterocycles. The van der Waals surface area contributed by atoms with Gasteiger partial charge in [-0.1, -0.05) is 18.2 Å². The Bertz CT molecular complexity index is 1600. The topological polar surface area (TPSA) is 117 Å². The lowest BCUT2D eigenvalue weighted by Gasteiger charge is -2.10. The van der Waals surface area contributed by atoms with Gasteiger partial charge in [-0.2, -0.15) is 5.26 Å². The fourth-order valence-corrected chi connectivity index (χ4v) is 4.36. The molecule has 8 nitrogen and oxygen atoms in total. The first-order valence-corrected chi connectivity index (χ1v) is 12.3. The number of hydrogen-bond acceptors (Lipinski definition) is 6. The number of sulfone groups is 1. The van der Waals surface area contributed by atoms with E-state index in [0.717, 1.165) is 25.2 Å². The summed E-state index contributed by atoms with van der Waals surface area (Å²) < 4.78 is 40.8. The summed E-state index contributed by atoms with van der Waals surface area (Å²) in [5, 5.41) is 11.7. The standard InChI is InChI=1S/C24H18FN5O3S/c1-34(32,33)24-22-27-12-21(14-2-4-15(5-3-14)23(31)28-18-8-9-18)30(22)13-20(29-24)16-6-7-17(11-26)19(25)10-16/h2-7,10,12-13,18H,8-9H2,1H3,(H,28,31). The number of nitrogens with one attached hydrogen (secondary N) is 1. The smallest absolute Gasteiger partial charge is 0.251 e. The Labute approximate surface area is 194 Å². The highest BCUT2D eigenvalue weighted by molar-refractivity contribution is 7.90. The predicted molar refractivity (Wildman–Crippen MR) is 122 cm³/mol. The highest BCUT2D eigenvalue weighted by Crippen LogP contribution is 2.28. The van der Waals surface area contributed by atoms with Crippen LogP contribution in [0.2, 0.25) is 0 Å². The Morgan fingerprint density at radius 3 is 2.50 bits per heavy atom. The second-order valence-corrected chi connectivity index (χ2v) is 10.1. The van der Waals surface area contributed by atoms with Gasteiger partial charge in [0.25, 0.3) is 5.91 Å². The number of hydrogen-bond donors (Lipinski definition) is 1. The van der Waals surface area contributed by atoms with Gasteiger partial charge in [-0.05, 0) is 37.1 Å². The number of imidazole rings is 1. The average molecular weight is 476 g/mol. The van der Waals surface area contributed by atoms with Gasteiger partial charge in [-0.15, -0.1) is 0 Å². The molecule has 1 aliphatic carbocycles. The van der Waals surface area contributed by atoms with E-state index in [1.165, 1.54) is 18.3 Å². The molecule has 34 heavy (non-hydrogen) atoms. The van der Waals surface area contributed by atoms with Crippen LogP contribution in [0.5, 0.6) is 0 Å². The first-order chi connectivity index (χ1) is 16.2. The van der Waals surface area contributed by atoms with Crippen LogP contribution >= 0.6 is 0 Å². The second-order valence-electron chi connectivity index (χ2n) is 8.17.